The highest BCUT2D eigenvalue weighted by atomic mass is 16.5. The number of nitrogens with zero attached hydrogens (tertiary/aromatic N) is 6. The lowest BCUT2D eigenvalue weighted by Crippen LogP contribution is -2.48. The second kappa shape index (κ2) is 9.89. The molecule has 5 rings (SSSR count). The number of hydrogen-bond donors (Lipinski definition) is 0. The van der Waals surface area contributed by atoms with E-state index in [2.05, 4.69) is 68.6 Å². The van der Waals surface area contributed by atoms with Gasteiger partial charge in [-0.05, 0) is 60.0 Å². The number of hydrogen-bond acceptors (Lipinski definition) is 7. The minimum absolute atomic E-state index is 0.0139. The van der Waals surface area contributed by atoms with Crippen LogP contribution in [0.1, 0.15) is 35.8 Å². The molecule has 0 spiro atoms. The van der Waals surface area contributed by atoms with Gasteiger partial charge in [0.15, 0.2) is 5.82 Å². The largest absolute Gasteiger partial charge is 0.497 e. The Morgan fingerprint density at radius 1 is 1.03 bits per heavy atom. The predicted molar refractivity (Wildman–Crippen MR) is 127 cm³/mol. The van der Waals surface area contributed by atoms with Crippen molar-refractivity contribution in [2.75, 3.05) is 44.8 Å². The molecule has 0 N–H and O–H groups in total. The van der Waals surface area contributed by atoms with Crippen LogP contribution in [0.5, 0.6) is 5.75 Å². The van der Waals surface area contributed by atoms with Gasteiger partial charge in [0.25, 0.3) is 0 Å². The molecule has 2 unspecified atom stereocenters. The van der Waals surface area contributed by atoms with Gasteiger partial charge in [0.05, 0.1) is 25.8 Å². The molecule has 2 atom stereocenters. The molecule has 2 aliphatic heterocycles. The van der Waals surface area contributed by atoms with Crippen molar-refractivity contribution in [2.24, 2.45) is 0 Å². The molecule has 174 valence electrons. The van der Waals surface area contributed by atoms with E-state index in [1.807, 2.05) is 16.8 Å². The summed E-state index contributed by atoms with van der Waals surface area (Å²) in [6, 6.07) is 17.1. The van der Waals surface area contributed by atoms with Crippen LogP contribution in [0.3, 0.4) is 0 Å². The lowest BCUT2D eigenvalue weighted by atomic mass is 10.0. The monoisotopic (exact) mass is 448 g/mol. The minimum Gasteiger partial charge on any atom is -0.497 e. The molecule has 1 aromatic heterocycles. The van der Waals surface area contributed by atoms with Crippen molar-refractivity contribution in [3.63, 3.8) is 0 Å². The fourth-order valence-corrected chi connectivity index (χ4v) is 4.82. The third kappa shape index (κ3) is 4.86. The Bertz CT molecular complexity index is 1020. The molecule has 8 nitrogen and oxygen atoms in total. The maximum Gasteiger partial charge on any atom is 0.173 e. The highest BCUT2D eigenvalue weighted by Gasteiger charge is 2.31. The Balaban J connectivity index is 1.37. The van der Waals surface area contributed by atoms with E-state index in [0.717, 1.165) is 57.2 Å². The van der Waals surface area contributed by atoms with E-state index in [1.54, 1.807) is 7.11 Å². The molecule has 8 heteroatoms. The van der Waals surface area contributed by atoms with E-state index < -0.39 is 0 Å². The van der Waals surface area contributed by atoms with Crippen LogP contribution in [0.4, 0.5) is 5.69 Å². The van der Waals surface area contributed by atoms with Crippen molar-refractivity contribution in [3.8, 4) is 5.75 Å². The predicted octanol–water partition coefficient (Wildman–Crippen LogP) is 3.08. The fourth-order valence-electron chi connectivity index (χ4n) is 4.82. The summed E-state index contributed by atoms with van der Waals surface area (Å²) < 4.78 is 13.1. The Morgan fingerprint density at radius 2 is 1.79 bits per heavy atom. The SMILES string of the molecule is COc1ccc(N2CCN(C(c3ccc(C)cc3)c3nnnn3CC3CCCO3)CC2)cc1. The number of anilines is 1. The molecular formula is C25H32N6O2. The summed E-state index contributed by atoms with van der Waals surface area (Å²) in [4.78, 5) is 4.93. The van der Waals surface area contributed by atoms with E-state index in [4.69, 9.17) is 9.47 Å². The Hall–Kier alpha value is -2.97. The van der Waals surface area contributed by atoms with Crippen molar-refractivity contribution in [1.29, 1.82) is 0 Å². The fraction of sp³-hybridized carbons (Fsp3) is 0.480. The molecule has 0 aliphatic carbocycles. The van der Waals surface area contributed by atoms with Crippen LogP contribution in [0.2, 0.25) is 0 Å². The first-order valence-electron chi connectivity index (χ1n) is 11.8. The van der Waals surface area contributed by atoms with Crippen LogP contribution in [-0.4, -0.2) is 71.1 Å². The van der Waals surface area contributed by atoms with Crippen molar-refractivity contribution in [3.05, 3.63) is 65.5 Å². The molecule has 0 amide bonds. The van der Waals surface area contributed by atoms with Gasteiger partial charge in [0, 0.05) is 38.5 Å². The summed E-state index contributed by atoms with van der Waals surface area (Å²) in [5.74, 6) is 1.78. The number of piperazine rings is 1. The van der Waals surface area contributed by atoms with Gasteiger partial charge in [0.1, 0.15) is 5.75 Å². The van der Waals surface area contributed by atoms with Crippen LogP contribution in [0, 0.1) is 6.92 Å². The molecular weight excluding hydrogens is 416 g/mol. The van der Waals surface area contributed by atoms with Gasteiger partial charge in [-0.2, -0.15) is 0 Å². The summed E-state index contributed by atoms with van der Waals surface area (Å²) >= 11 is 0. The molecule has 2 aromatic carbocycles. The minimum atomic E-state index is 0.0139. The second-order valence-corrected chi connectivity index (χ2v) is 8.89. The Labute approximate surface area is 195 Å². The number of aromatic nitrogens is 4. The maximum absolute atomic E-state index is 5.86. The van der Waals surface area contributed by atoms with Gasteiger partial charge in [0.2, 0.25) is 0 Å². The van der Waals surface area contributed by atoms with Crippen LogP contribution in [0.25, 0.3) is 0 Å². The third-order valence-electron chi connectivity index (χ3n) is 6.71. The van der Waals surface area contributed by atoms with Crippen LogP contribution >= 0.6 is 0 Å². The van der Waals surface area contributed by atoms with E-state index in [9.17, 15) is 0 Å². The van der Waals surface area contributed by atoms with Gasteiger partial charge in [-0.1, -0.05) is 29.8 Å². The summed E-state index contributed by atoms with van der Waals surface area (Å²) in [6.45, 7) is 7.40. The summed E-state index contributed by atoms with van der Waals surface area (Å²) in [6.07, 6.45) is 2.36. The first kappa shape index (κ1) is 21.9. The molecule has 33 heavy (non-hydrogen) atoms. The van der Waals surface area contributed by atoms with Crippen molar-refractivity contribution < 1.29 is 9.47 Å². The summed E-state index contributed by atoms with van der Waals surface area (Å²) in [7, 11) is 1.70. The van der Waals surface area contributed by atoms with E-state index in [-0.39, 0.29) is 12.1 Å². The third-order valence-corrected chi connectivity index (χ3v) is 6.71. The van der Waals surface area contributed by atoms with Gasteiger partial charge < -0.3 is 14.4 Å². The molecule has 2 fully saturated rings. The number of aryl methyl sites for hydroxylation is 1. The van der Waals surface area contributed by atoms with Crippen LogP contribution in [0.15, 0.2) is 48.5 Å². The van der Waals surface area contributed by atoms with Crippen LogP contribution in [-0.2, 0) is 11.3 Å². The zero-order chi connectivity index (χ0) is 22.6. The van der Waals surface area contributed by atoms with Gasteiger partial charge in [-0.3, -0.25) is 4.90 Å². The van der Waals surface area contributed by atoms with Gasteiger partial charge in [-0.15, -0.1) is 5.10 Å². The zero-order valence-electron chi connectivity index (χ0n) is 19.4. The maximum atomic E-state index is 5.86. The normalized spacial score (nSPS) is 20.2. The van der Waals surface area contributed by atoms with Crippen molar-refractivity contribution in [1.82, 2.24) is 25.1 Å². The van der Waals surface area contributed by atoms with Crippen LogP contribution < -0.4 is 9.64 Å². The first-order chi connectivity index (χ1) is 16.2. The number of benzene rings is 2. The lowest BCUT2D eigenvalue weighted by molar-refractivity contribution is 0.0906. The molecule has 2 aliphatic rings. The lowest BCUT2D eigenvalue weighted by Gasteiger charge is -2.40. The van der Waals surface area contributed by atoms with Gasteiger partial charge >= 0.3 is 0 Å². The average molecular weight is 449 g/mol. The topological polar surface area (TPSA) is 68.5 Å². The summed E-state index contributed by atoms with van der Waals surface area (Å²) in [5, 5.41) is 12.9. The Morgan fingerprint density at radius 3 is 2.45 bits per heavy atom. The van der Waals surface area contributed by atoms with Crippen molar-refractivity contribution >= 4 is 5.69 Å². The first-order valence-corrected chi connectivity index (χ1v) is 11.8. The zero-order valence-corrected chi connectivity index (χ0v) is 19.4. The Kier molecular flexibility index (Phi) is 6.55. The summed E-state index contributed by atoms with van der Waals surface area (Å²) in [5.41, 5.74) is 3.70. The van der Waals surface area contributed by atoms with E-state index in [1.165, 1.54) is 16.8 Å². The molecule has 3 heterocycles. The number of methoxy groups -OCH3 is 1. The quantitative estimate of drug-likeness (QED) is 0.550. The van der Waals surface area contributed by atoms with E-state index >= 15 is 0 Å². The smallest absolute Gasteiger partial charge is 0.173 e. The molecule has 0 radical (unpaired) electrons. The second-order valence-electron chi connectivity index (χ2n) is 8.89. The highest BCUT2D eigenvalue weighted by Crippen LogP contribution is 2.30. The number of rotatable bonds is 7. The number of tetrazole rings is 1. The van der Waals surface area contributed by atoms with E-state index in [0.29, 0.717) is 6.54 Å². The molecule has 3 aromatic rings. The molecule has 0 bridgehead atoms. The molecule has 2 saturated heterocycles. The van der Waals surface area contributed by atoms with Crippen molar-refractivity contribution in [2.45, 2.75) is 38.5 Å². The molecule has 0 saturated carbocycles. The average Bonchev–Trinajstić information content (AvgIpc) is 3.54. The number of ether oxygens (including phenoxy) is 2. The van der Waals surface area contributed by atoms with Gasteiger partial charge in [-0.25, -0.2) is 4.68 Å². The standard InChI is InChI=1S/C25H32N6O2/c1-19-5-7-20(8-6-19)24(25-26-27-28-31(25)18-23-4-3-17-33-23)30-15-13-29(14-16-30)21-9-11-22(32-2)12-10-21/h5-12,23-24H,3-4,13-18H2,1-2H3. The highest BCUT2D eigenvalue weighted by molar-refractivity contribution is 5.49.